The van der Waals surface area contributed by atoms with Gasteiger partial charge in [-0.15, -0.1) is 0 Å². The molecule has 128 valence electrons. The number of nitrogens with one attached hydrogen (secondary N) is 1. The molecule has 0 fully saturated rings. The third kappa shape index (κ3) is 3.24. The largest absolute Gasteiger partial charge is 0.324 e. The van der Waals surface area contributed by atoms with Crippen molar-refractivity contribution >= 4 is 23.3 Å². The number of aromatic nitrogens is 2. The van der Waals surface area contributed by atoms with Crippen molar-refractivity contribution in [2.24, 2.45) is 9.98 Å². The number of rotatable bonds is 2. The van der Waals surface area contributed by atoms with Crippen molar-refractivity contribution in [1.82, 2.24) is 9.97 Å². The standard InChI is InChI=1S/C21H19N5/c1-13-10-11-16-17(12-13)21(25-19-9-5-7-15(3)23-19)26-20(16)24-18-8-4-6-14(2)22-18/h4-12H,1-3H3,(H,22,23,24,25,26). The van der Waals surface area contributed by atoms with E-state index in [1.165, 1.54) is 5.56 Å². The number of fused-ring (bicyclic) bond motifs is 1. The second-order valence-electron chi connectivity index (χ2n) is 6.37. The Balaban J connectivity index is 1.77. The molecule has 3 aromatic rings. The molecule has 0 bridgehead atoms. The predicted octanol–water partition coefficient (Wildman–Crippen LogP) is 4.35. The smallest absolute Gasteiger partial charge is 0.164 e. The lowest BCUT2D eigenvalue weighted by Gasteiger charge is -2.07. The number of amidine groups is 2. The Morgan fingerprint density at radius 1 is 0.808 bits per heavy atom. The summed E-state index contributed by atoms with van der Waals surface area (Å²) in [5.41, 5.74) is 5.07. The first kappa shape index (κ1) is 16.1. The molecular formula is C21H19N5. The lowest BCUT2D eigenvalue weighted by Crippen LogP contribution is -2.12. The van der Waals surface area contributed by atoms with Crippen LogP contribution in [-0.4, -0.2) is 21.6 Å². The van der Waals surface area contributed by atoms with Gasteiger partial charge in [0.25, 0.3) is 0 Å². The molecule has 1 N–H and O–H groups in total. The summed E-state index contributed by atoms with van der Waals surface area (Å²) in [4.78, 5) is 18.4. The van der Waals surface area contributed by atoms with Gasteiger partial charge in [0.2, 0.25) is 0 Å². The lowest BCUT2D eigenvalue weighted by atomic mass is 10.1. The van der Waals surface area contributed by atoms with Crippen molar-refractivity contribution < 1.29 is 0 Å². The van der Waals surface area contributed by atoms with Crippen molar-refractivity contribution in [3.8, 4) is 0 Å². The highest BCUT2D eigenvalue weighted by atomic mass is 15.1. The van der Waals surface area contributed by atoms with Gasteiger partial charge in [-0.25, -0.2) is 20.0 Å². The van der Waals surface area contributed by atoms with Crippen molar-refractivity contribution in [2.45, 2.75) is 20.8 Å². The van der Waals surface area contributed by atoms with E-state index in [2.05, 4.69) is 45.4 Å². The van der Waals surface area contributed by atoms with Gasteiger partial charge in [0, 0.05) is 22.5 Å². The van der Waals surface area contributed by atoms with E-state index in [-0.39, 0.29) is 0 Å². The Morgan fingerprint density at radius 3 is 2.35 bits per heavy atom. The van der Waals surface area contributed by atoms with Gasteiger partial charge in [-0.05, 0) is 51.1 Å². The average molecular weight is 341 g/mol. The number of hydrogen-bond acceptors (Lipinski definition) is 4. The quantitative estimate of drug-likeness (QED) is 0.753. The Morgan fingerprint density at radius 2 is 1.58 bits per heavy atom. The number of anilines is 1. The van der Waals surface area contributed by atoms with E-state index in [0.29, 0.717) is 11.7 Å². The molecule has 0 unspecified atom stereocenters. The summed E-state index contributed by atoms with van der Waals surface area (Å²) in [6.07, 6.45) is 0. The highest BCUT2D eigenvalue weighted by Gasteiger charge is 2.22. The SMILES string of the molecule is Cc1ccc2c(c1)/C(=N\c1cccc(C)n1)N=C2Nc1cccc(C)n1. The number of aliphatic imine (C=N–C) groups is 2. The van der Waals surface area contributed by atoms with Crippen LogP contribution in [0.3, 0.4) is 0 Å². The van der Waals surface area contributed by atoms with Crippen molar-refractivity contribution in [3.63, 3.8) is 0 Å². The van der Waals surface area contributed by atoms with E-state index in [1.807, 2.05) is 50.2 Å². The van der Waals surface area contributed by atoms with Gasteiger partial charge >= 0.3 is 0 Å². The maximum atomic E-state index is 4.72. The molecule has 0 aliphatic carbocycles. The van der Waals surface area contributed by atoms with E-state index >= 15 is 0 Å². The Kier molecular flexibility index (Phi) is 4.05. The van der Waals surface area contributed by atoms with Crippen LogP contribution in [0, 0.1) is 20.8 Å². The maximum Gasteiger partial charge on any atom is 0.164 e. The van der Waals surface area contributed by atoms with Gasteiger partial charge in [0.15, 0.2) is 11.7 Å². The summed E-state index contributed by atoms with van der Waals surface area (Å²) in [5, 5.41) is 3.32. The van der Waals surface area contributed by atoms with Gasteiger partial charge in [-0.2, -0.15) is 0 Å². The molecule has 0 atom stereocenters. The Hall–Kier alpha value is -3.34. The van der Waals surface area contributed by atoms with Gasteiger partial charge in [-0.1, -0.05) is 29.8 Å². The van der Waals surface area contributed by atoms with Crippen LogP contribution in [0.4, 0.5) is 11.6 Å². The molecule has 26 heavy (non-hydrogen) atoms. The zero-order valence-corrected chi connectivity index (χ0v) is 15.0. The van der Waals surface area contributed by atoms with Gasteiger partial charge < -0.3 is 5.32 Å². The first-order valence-corrected chi connectivity index (χ1v) is 8.51. The van der Waals surface area contributed by atoms with Crippen molar-refractivity contribution in [3.05, 3.63) is 82.7 Å². The molecule has 0 radical (unpaired) electrons. The number of nitrogens with zero attached hydrogens (tertiary/aromatic N) is 4. The summed E-state index contributed by atoms with van der Waals surface area (Å²) in [7, 11) is 0. The third-order valence-corrected chi connectivity index (χ3v) is 4.12. The molecule has 5 nitrogen and oxygen atoms in total. The molecule has 1 aliphatic heterocycles. The minimum Gasteiger partial charge on any atom is -0.324 e. The van der Waals surface area contributed by atoms with E-state index in [1.54, 1.807) is 0 Å². The van der Waals surface area contributed by atoms with Crippen LogP contribution in [0.2, 0.25) is 0 Å². The monoisotopic (exact) mass is 341 g/mol. The summed E-state index contributed by atoms with van der Waals surface area (Å²) in [5.74, 6) is 2.85. The molecule has 0 spiro atoms. The molecule has 4 rings (SSSR count). The van der Waals surface area contributed by atoms with E-state index < -0.39 is 0 Å². The van der Waals surface area contributed by atoms with Crippen LogP contribution in [0.5, 0.6) is 0 Å². The highest BCUT2D eigenvalue weighted by Crippen LogP contribution is 2.24. The maximum absolute atomic E-state index is 4.72. The summed E-state index contributed by atoms with van der Waals surface area (Å²) in [6, 6.07) is 17.9. The zero-order valence-electron chi connectivity index (χ0n) is 15.0. The molecule has 1 aliphatic rings. The van der Waals surface area contributed by atoms with Gasteiger partial charge in [-0.3, -0.25) is 0 Å². The Bertz CT molecular complexity index is 1050. The summed E-state index contributed by atoms with van der Waals surface area (Å²) in [6.45, 7) is 5.99. The molecule has 0 saturated carbocycles. The Labute approximate surface area is 152 Å². The summed E-state index contributed by atoms with van der Waals surface area (Å²) >= 11 is 0. The molecule has 0 saturated heterocycles. The number of aryl methyl sites for hydroxylation is 3. The van der Waals surface area contributed by atoms with Crippen molar-refractivity contribution in [2.75, 3.05) is 5.32 Å². The van der Waals surface area contributed by atoms with E-state index in [4.69, 9.17) is 4.99 Å². The van der Waals surface area contributed by atoms with E-state index in [9.17, 15) is 0 Å². The number of hydrogen-bond donors (Lipinski definition) is 1. The highest BCUT2D eigenvalue weighted by molar-refractivity contribution is 6.26. The first-order chi connectivity index (χ1) is 12.6. The normalized spacial score (nSPS) is 14.3. The fourth-order valence-electron chi connectivity index (χ4n) is 2.89. The zero-order chi connectivity index (χ0) is 18.1. The lowest BCUT2D eigenvalue weighted by molar-refractivity contribution is 1.18. The molecule has 3 heterocycles. The molecular weight excluding hydrogens is 322 g/mol. The molecule has 2 aromatic heterocycles. The first-order valence-electron chi connectivity index (χ1n) is 8.51. The number of pyridine rings is 2. The second kappa shape index (κ2) is 6.52. The molecule has 0 amide bonds. The number of benzene rings is 1. The fraction of sp³-hybridized carbons (Fsp3) is 0.143. The minimum absolute atomic E-state index is 0.658. The second-order valence-corrected chi connectivity index (χ2v) is 6.37. The van der Waals surface area contributed by atoms with E-state index in [0.717, 1.165) is 34.2 Å². The van der Waals surface area contributed by atoms with Crippen LogP contribution in [-0.2, 0) is 0 Å². The van der Waals surface area contributed by atoms with Gasteiger partial charge in [0.05, 0.1) is 0 Å². The average Bonchev–Trinajstić information content (AvgIpc) is 2.91. The van der Waals surface area contributed by atoms with Crippen LogP contribution in [0.25, 0.3) is 0 Å². The predicted molar refractivity (Wildman–Crippen MR) is 105 cm³/mol. The topological polar surface area (TPSA) is 62.5 Å². The van der Waals surface area contributed by atoms with Crippen LogP contribution >= 0.6 is 0 Å². The van der Waals surface area contributed by atoms with Gasteiger partial charge in [0.1, 0.15) is 11.7 Å². The minimum atomic E-state index is 0.658. The molecule has 5 heteroatoms. The van der Waals surface area contributed by atoms with Crippen LogP contribution < -0.4 is 5.32 Å². The summed E-state index contributed by atoms with van der Waals surface area (Å²) < 4.78 is 0. The van der Waals surface area contributed by atoms with Crippen molar-refractivity contribution in [1.29, 1.82) is 0 Å². The fourth-order valence-corrected chi connectivity index (χ4v) is 2.89. The third-order valence-electron chi connectivity index (χ3n) is 4.12. The van der Waals surface area contributed by atoms with Crippen LogP contribution in [0.15, 0.2) is 64.6 Å². The van der Waals surface area contributed by atoms with Crippen LogP contribution in [0.1, 0.15) is 28.1 Å². The molecule has 1 aromatic carbocycles.